The van der Waals surface area contributed by atoms with Crippen LogP contribution in [-0.2, 0) is 12.7 Å². The largest absolute Gasteiger partial charge is 0.507 e. The van der Waals surface area contributed by atoms with Crippen LogP contribution in [0.1, 0.15) is 11.3 Å². The molecule has 2 aromatic rings. The van der Waals surface area contributed by atoms with E-state index in [0.29, 0.717) is 23.4 Å². The summed E-state index contributed by atoms with van der Waals surface area (Å²) in [5.74, 6) is -0.140. The smallest absolute Gasteiger partial charge is 0.416 e. The molecule has 0 spiro atoms. The lowest BCUT2D eigenvalue weighted by atomic mass is 10.1. The van der Waals surface area contributed by atoms with Gasteiger partial charge in [0, 0.05) is 26.2 Å². The van der Waals surface area contributed by atoms with Crippen LogP contribution >= 0.6 is 0 Å². The van der Waals surface area contributed by atoms with Crippen LogP contribution in [0.5, 0.6) is 5.75 Å². The maximum absolute atomic E-state index is 12.6. The molecule has 0 saturated carbocycles. The van der Waals surface area contributed by atoms with Crippen molar-refractivity contribution in [1.29, 1.82) is 0 Å². The summed E-state index contributed by atoms with van der Waals surface area (Å²) in [6.07, 6.45) is -4.51. The van der Waals surface area contributed by atoms with Crippen molar-refractivity contribution in [2.24, 2.45) is 5.73 Å². The fraction of sp³-hybridized carbons (Fsp3) is 0.286. The highest BCUT2D eigenvalue weighted by atomic mass is 19.4. The lowest BCUT2D eigenvalue weighted by molar-refractivity contribution is -0.137. The zero-order valence-electron chi connectivity index (χ0n) is 12.0. The maximum atomic E-state index is 12.6. The van der Waals surface area contributed by atoms with E-state index in [0.717, 1.165) is 6.07 Å². The van der Waals surface area contributed by atoms with E-state index in [-0.39, 0.29) is 12.1 Å². The van der Waals surface area contributed by atoms with Gasteiger partial charge in [0.1, 0.15) is 5.75 Å². The van der Waals surface area contributed by atoms with Crippen LogP contribution in [0, 0.1) is 0 Å². The van der Waals surface area contributed by atoms with Gasteiger partial charge in [-0.25, -0.2) is 9.97 Å². The van der Waals surface area contributed by atoms with Crippen molar-refractivity contribution in [1.82, 2.24) is 9.97 Å². The second kappa shape index (κ2) is 5.80. The molecule has 0 aliphatic heterocycles. The first-order valence-corrected chi connectivity index (χ1v) is 6.38. The van der Waals surface area contributed by atoms with Gasteiger partial charge in [0.15, 0.2) is 0 Å². The molecule has 1 heterocycles. The molecular formula is C14H15F3N4O. The Balaban J connectivity index is 2.54. The van der Waals surface area contributed by atoms with E-state index in [9.17, 15) is 18.3 Å². The summed E-state index contributed by atoms with van der Waals surface area (Å²) in [5, 5.41) is 9.90. The van der Waals surface area contributed by atoms with Gasteiger partial charge in [0.05, 0.1) is 17.0 Å². The van der Waals surface area contributed by atoms with E-state index >= 15 is 0 Å². The van der Waals surface area contributed by atoms with E-state index < -0.39 is 17.5 Å². The highest BCUT2D eigenvalue weighted by Crippen LogP contribution is 2.36. The molecule has 8 heteroatoms. The Kier molecular flexibility index (Phi) is 4.23. The Labute approximate surface area is 125 Å². The number of halogens is 3. The van der Waals surface area contributed by atoms with Gasteiger partial charge >= 0.3 is 6.18 Å². The van der Waals surface area contributed by atoms with Crippen molar-refractivity contribution in [3.05, 3.63) is 35.5 Å². The first-order chi connectivity index (χ1) is 10.2. The number of nitrogens with zero attached hydrogens (tertiary/aromatic N) is 3. The Morgan fingerprint density at radius 1 is 1.18 bits per heavy atom. The fourth-order valence-corrected chi connectivity index (χ4v) is 1.85. The first kappa shape index (κ1) is 16.0. The molecule has 118 valence electrons. The van der Waals surface area contributed by atoms with Crippen molar-refractivity contribution in [3.8, 4) is 17.0 Å². The van der Waals surface area contributed by atoms with Crippen molar-refractivity contribution < 1.29 is 18.3 Å². The van der Waals surface area contributed by atoms with E-state index in [4.69, 9.17) is 5.73 Å². The molecule has 0 radical (unpaired) electrons. The maximum Gasteiger partial charge on any atom is 0.416 e. The summed E-state index contributed by atoms with van der Waals surface area (Å²) in [4.78, 5) is 10.1. The number of rotatable bonds is 3. The molecule has 22 heavy (non-hydrogen) atoms. The number of aromatic hydroxyl groups is 1. The number of aromatic nitrogens is 2. The quantitative estimate of drug-likeness (QED) is 0.910. The third kappa shape index (κ3) is 3.28. The van der Waals surface area contributed by atoms with E-state index in [1.807, 2.05) is 0 Å². The van der Waals surface area contributed by atoms with Crippen LogP contribution < -0.4 is 10.6 Å². The van der Waals surface area contributed by atoms with Crippen LogP contribution in [0.15, 0.2) is 24.3 Å². The molecule has 0 amide bonds. The second-order valence-corrected chi connectivity index (χ2v) is 4.87. The van der Waals surface area contributed by atoms with Crippen LogP contribution in [0.4, 0.5) is 19.1 Å². The van der Waals surface area contributed by atoms with Gasteiger partial charge < -0.3 is 15.7 Å². The van der Waals surface area contributed by atoms with Gasteiger partial charge in [-0.1, -0.05) is 0 Å². The summed E-state index contributed by atoms with van der Waals surface area (Å²) >= 11 is 0. The van der Waals surface area contributed by atoms with Gasteiger partial charge in [-0.2, -0.15) is 13.2 Å². The Bertz CT molecular complexity index is 686. The molecule has 0 bridgehead atoms. The molecule has 0 unspecified atom stereocenters. The predicted molar refractivity (Wildman–Crippen MR) is 76.4 cm³/mol. The summed E-state index contributed by atoms with van der Waals surface area (Å²) < 4.78 is 37.9. The molecule has 1 aromatic carbocycles. The van der Waals surface area contributed by atoms with Crippen LogP contribution in [0.3, 0.4) is 0 Å². The normalized spacial score (nSPS) is 11.5. The molecule has 0 fully saturated rings. The summed E-state index contributed by atoms with van der Waals surface area (Å²) in [7, 11) is 3.46. The molecule has 0 aliphatic rings. The monoisotopic (exact) mass is 312 g/mol. The molecular weight excluding hydrogens is 297 g/mol. The minimum atomic E-state index is -4.51. The number of anilines is 1. The van der Waals surface area contributed by atoms with Crippen molar-refractivity contribution >= 4 is 5.95 Å². The van der Waals surface area contributed by atoms with E-state index in [1.54, 1.807) is 19.0 Å². The number of benzene rings is 1. The number of alkyl halides is 3. The summed E-state index contributed by atoms with van der Waals surface area (Å²) in [6, 6.07) is 4.29. The SMILES string of the molecule is CN(C)c1nc(CN)cc(-c2ccc(C(F)(F)F)cc2O)n1. The Morgan fingerprint density at radius 3 is 2.36 bits per heavy atom. The zero-order chi connectivity index (χ0) is 16.5. The fourth-order valence-electron chi connectivity index (χ4n) is 1.85. The van der Waals surface area contributed by atoms with Crippen LogP contribution in [-0.4, -0.2) is 29.2 Å². The van der Waals surface area contributed by atoms with E-state index in [1.165, 1.54) is 12.1 Å². The van der Waals surface area contributed by atoms with Gasteiger partial charge in [0.2, 0.25) is 5.95 Å². The minimum absolute atomic E-state index is 0.151. The number of phenols is 1. The number of nitrogens with two attached hydrogens (primary N) is 1. The zero-order valence-corrected chi connectivity index (χ0v) is 12.0. The van der Waals surface area contributed by atoms with Gasteiger partial charge in [-0.15, -0.1) is 0 Å². The Hall–Kier alpha value is -2.35. The lowest BCUT2D eigenvalue weighted by Crippen LogP contribution is -2.15. The summed E-state index contributed by atoms with van der Waals surface area (Å²) in [6.45, 7) is 0.151. The highest BCUT2D eigenvalue weighted by Gasteiger charge is 2.31. The molecule has 2 rings (SSSR count). The standard InChI is InChI=1S/C14H15F3N4O/c1-21(2)13-19-9(7-18)6-11(20-13)10-4-3-8(5-12(10)22)14(15,16)17/h3-6,22H,7,18H2,1-2H3. The molecule has 1 aromatic heterocycles. The van der Waals surface area contributed by atoms with E-state index in [2.05, 4.69) is 9.97 Å². The molecule has 0 aliphatic carbocycles. The third-order valence-electron chi connectivity index (χ3n) is 2.98. The number of phenolic OH excluding ortho intramolecular Hbond substituents is 1. The van der Waals surface area contributed by atoms with Crippen molar-refractivity contribution in [2.75, 3.05) is 19.0 Å². The third-order valence-corrected chi connectivity index (χ3v) is 2.98. The predicted octanol–water partition coefficient (Wildman–Crippen LogP) is 2.39. The van der Waals surface area contributed by atoms with Crippen molar-refractivity contribution in [2.45, 2.75) is 12.7 Å². The second-order valence-electron chi connectivity index (χ2n) is 4.87. The van der Waals surface area contributed by atoms with Crippen LogP contribution in [0.2, 0.25) is 0 Å². The summed E-state index contributed by atoms with van der Waals surface area (Å²) in [5.41, 5.74) is 5.66. The molecule has 5 nitrogen and oxygen atoms in total. The lowest BCUT2D eigenvalue weighted by Gasteiger charge is -2.14. The molecule has 3 N–H and O–H groups in total. The number of hydrogen-bond acceptors (Lipinski definition) is 5. The van der Waals surface area contributed by atoms with Crippen LogP contribution in [0.25, 0.3) is 11.3 Å². The van der Waals surface area contributed by atoms with Crippen molar-refractivity contribution in [3.63, 3.8) is 0 Å². The van der Waals surface area contributed by atoms with Gasteiger partial charge in [-0.05, 0) is 24.3 Å². The average molecular weight is 312 g/mol. The number of hydrogen-bond donors (Lipinski definition) is 2. The minimum Gasteiger partial charge on any atom is -0.507 e. The highest BCUT2D eigenvalue weighted by molar-refractivity contribution is 5.68. The molecule has 0 saturated heterocycles. The Morgan fingerprint density at radius 2 is 1.86 bits per heavy atom. The molecule has 0 atom stereocenters. The van der Waals surface area contributed by atoms with Gasteiger partial charge in [0.25, 0.3) is 0 Å². The topological polar surface area (TPSA) is 75.3 Å². The average Bonchev–Trinajstić information content (AvgIpc) is 2.45. The first-order valence-electron chi connectivity index (χ1n) is 6.38. The van der Waals surface area contributed by atoms with Gasteiger partial charge in [-0.3, -0.25) is 0 Å².